The Kier molecular flexibility index (Phi) is 2.83. The van der Waals surface area contributed by atoms with Gasteiger partial charge in [-0.3, -0.25) is 9.89 Å². The second kappa shape index (κ2) is 4.14. The van der Waals surface area contributed by atoms with E-state index < -0.39 is 11.9 Å². The lowest BCUT2D eigenvalue weighted by atomic mass is 9.99. The maximum absolute atomic E-state index is 10.8. The minimum Gasteiger partial charge on any atom is -0.481 e. The molecule has 0 fully saturated rings. The van der Waals surface area contributed by atoms with Gasteiger partial charge in [0.2, 0.25) is 0 Å². The first kappa shape index (κ1) is 11.0. The number of rotatable bonds is 3. The van der Waals surface area contributed by atoms with E-state index in [1.54, 1.807) is 6.92 Å². The lowest BCUT2D eigenvalue weighted by molar-refractivity contribution is -0.141. The number of carboxylic acid groups (broad SMARTS) is 1. The summed E-state index contributed by atoms with van der Waals surface area (Å²) in [5.74, 6) is -1.24. The number of H-pyrrole nitrogens is 1. The van der Waals surface area contributed by atoms with Gasteiger partial charge in [-0.2, -0.15) is 5.10 Å². The number of nitrogens with one attached hydrogen (secondary N) is 1. The Labute approximate surface area is 97.2 Å². The second-order valence-electron chi connectivity index (χ2n) is 3.79. The lowest BCUT2D eigenvalue weighted by Gasteiger charge is -2.07. The predicted octanol–water partition coefficient (Wildman–Crippen LogP) is 2.48. The standard InChI is InChI=1S/C11H11ClN2O2/c1-6(11(15)16)5-7-3-2-4-8-9(7)10(12)14-13-8/h2-4,6H,5H2,1H3,(H,13,14)(H,15,16). The molecule has 1 unspecified atom stereocenters. The third kappa shape index (κ3) is 1.88. The number of fused-ring (bicyclic) bond motifs is 1. The Morgan fingerprint density at radius 1 is 1.62 bits per heavy atom. The molecule has 2 rings (SSSR count). The molecule has 5 heteroatoms. The van der Waals surface area contributed by atoms with Crippen molar-refractivity contribution < 1.29 is 9.90 Å². The van der Waals surface area contributed by atoms with Crippen LogP contribution < -0.4 is 0 Å². The summed E-state index contributed by atoms with van der Waals surface area (Å²) < 4.78 is 0. The first-order chi connectivity index (χ1) is 7.59. The van der Waals surface area contributed by atoms with Crippen LogP contribution in [0.15, 0.2) is 18.2 Å². The van der Waals surface area contributed by atoms with E-state index in [1.807, 2.05) is 18.2 Å². The van der Waals surface area contributed by atoms with Gasteiger partial charge in [-0.25, -0.2) is 0 Å². The van der Waals surface area contributed by atoms with E-state index in [0.717, 1.165) is 16.5 Å². The highest BCUT2D eigenvalue weighted by Crippen LogP contribution is 2.26. The normalized spacial score (nSPS) is 12.9. The molecule has 0 radical (unpaired) electrons. The van der Waals surface area contributed by atoms with Crippen molar-refractivity contribution in [1.82, 2.24) is 10.2 Å². The number of carboxylic acids is 1. The van der Waals surface area contributed by atoms with Crippen molar-refractivity contribution in [2.75, 3.05) is 0 Å². The fraction of sp³-hybridized carbons (Fsp3) is 0.273. The third-order valence-electron chi connectivity index (χ3n) is 2.57. The fourth-order valence-electron chi connectivity index (χ4n) is 1.69. The van der Waals surface area contributed by atoms with Crippen LogP contribution in [0.4, 0.5) is 0 Å². The largest absolute Gasteiger partial charge is 0.481 e. The number of aromatic nitrogens is 2. The van der Waals surface area contributed by atoms with E-state index in [0.29, 0.717) is 11.6 Å². The molecule has 1 aromatic heterocycles. The summed E-state index contributed by atoms with van der Waals surface area (Å²) in [5, 5.41) is 16.9. The minimum atomic E-state index is -0.809. The number of carbonyl (C=O) groups is 1. The van der Waals surface area contributed by atoms with Crippen molar-refractivity contribution in [3.8, 4) is 0 Å². The summed E-state index contributed by atoms with van der Waals surface area (Å²) in [5.41, 5.74) is 1.67. The van der Waals surface area contributed by atoms with Crippen molar-refractivity contribution in [2.45, 2.75) is 13.3 Å². The number of halogens is 1. The van der Waals surface area contributed by atoms with Crippen molar-refractivity contribution >= 4 is 28.5 Å². The molecular weight excluding hydrogens is 228 g/mol. The number of nitrogens with zero attached hydrogens (tertiary/aromatic N) is 1. The molecule has 1 atom stereocenters. The van der Waals surface area contributed by atoms with Crippen molar-refractivity contribution in [3.63, 3.8) is 0 Å². The molecule has 1 aromatic carbocycles. The average molecular weight is 239 g/mol. The molecule has 84 valence electrons. The summed E-state index contributed by atoms with van der Waals surface area (Å²) in [7, 11) is 0. The number of aromatic amines is 1. The first-order valence-corrected chi connectivity index (χ1v) is 5.31. The van der Waals surface area contributed by atoms with Crippen molar-refractivity contribution in [3.05, 3.63) is 28.9 Å². The number of hydrogen-bond acceptors (Lipinski definition) is 2. The molecule has 4 nitrogen and oxygen atoms in total. The summed E-state index contributed by atoms with van der Waals surface area (Å²) in [6.45, 7) is 1.68. The van der Waals surface area contributed by atoms with Gasteiger partial charge in [0.25, 0.3) is 0 Å². The molecule has 0 spiro atoms. The summed E-state index contributed by atoms with van der Waals surface area (Å²) in [6, 6.07) is 5.57. The summed E-state index contributed by atoms with van der Waals surface area (Å²) in [4.78, 5) is 10.8. The fourth-order valence-corrected chi connectivity index (χ4v) is 1.95. The monoisotopic (exact) mass is 238 g/mol. The van der Waals surface area contributed by atoms with Gasteiger partial charge in [0.15, 0.2) is 0 Å². The van der Waals surface area contributed by atoms with Gasteiger partial charge in [0.05, 0.1) is 11.4 Å². The zero-order valence-electron chi connectivity index (χ0n) is 8.70. The van der Waals surface area contributed by atoms with Gasteiger partial charge in [0, 0.05) is 5.39 Å². The third-order valence-corrected chi connectivity index (χ3v) is 2.84. The van der Waals surface area contributed by atoms with Gasteiger partial charge in [-0.1, -0.05) is 30.7 Å². The molecule has 0 saturated heterocycles. The molecular formula is C11H11ClN2O2. The number of hydrogen-bond donors (Lipinski definition) is 2. The Bertz CT molecular complexity index is 536. The maximum Gasteiger partial charge on any atom is 0.306 e. The number of benzene rings is 1. The summed E-state index contributed by atoms with van der Waals surface area (Å²) >= 11 is 5.98. The van der Waals surface area contributed by atoms with Crippen molar-refractivity contribution in [2.24, 2.45) is 5.92 Å². The Morgan fingerprint density at radius 2 is 2.38 bits per heavy atom. The van der Waals surface area contributed by atoms with Crippen LogP contribution in [0.25, 0.3) is 10.9 Å². The van der Waals surface area contributed by atoms with E-state index >= 15 is 0 Å². The highest BCUT2D eigenvalue weighted by Gasteiger charge is 2.15. The highest BCUT2D eigenvalue weighted by molar-refractivity contribution is 6.34. The van der Waals surface area contributed by atoms with Crippen molar-refractivity contribution in [1.29, 1.82) is 0 Å². The average Bonchev–Trinajstić information content (AvgIpc) is 2.61. The van der Waals surface area contributed by atoms with Crippen LogP contribution in [0.3, 0.4) is 0 Å². The van der Waals surface area contributed by atoms with Crippen LogP contribution in [-0.2, 0) is 11.2 Å². The molecule has 0 bridgehead atoms. The zero-order valence-corrected chi connectivity index (χ0v) is 9.45. The van der Waals surface area contributed by atoms with Crippen LogP contribution in [0.2, 0.25) is 5.15 Å². The molecule has 16 heavy (non-hydrogen) atoms. The summed E-state index contributed by atoms with van der Waals surface area (Å²) in [6.07, 6.45) is 0.450. The molecule has 0 saturated carbocycles. The minimum absolute atomic E-state index is 0.434. The molecule has 0 amide bonds. The van der Waals surface area contributed by atoms with Crippen LogP contribution in [0, 0.1) is 5.92 Å². The predicted molar refractivity (Wildman–Crippen MR) is 61.6 cm³/mol. The Hall–Kier alpha value is -1.55. The maximum atomic E-state index is 10.8. The van der Waals surface area contributed by atoms with E-state index in [1.165, 1.54) is 0 Å². The number of aliphatic carboxylic acids is 1. The molecule has 0 aliphatic rings. The van der Waals surface area contributed by atoms with Crippen LogP contribution in [0.1, 0.15) is 12.5 Å². The Balaban J connectivity index is 2.44. The Morgan fingerprint density at radius 3 is 3.06 bits per heavy atom. The van der Waals surface area contributed by atoms with E-state index in [2.05, 4.69) is 10.2 Å². The van der Waals surface area contributed by atoms with Gasteiger partial charge < -0.3 is 5.11 Å². The second-order valence-corrected chi connectivity index (χ2v) is 4.17. The van der Waals surface area contributed by atoms with Gasteiger partial charge in [-0.05, 0) is 18.1 Å². The van der Waals surface area contributed by atoms with Crippen LogP contribution in [-0.4, -0.2) is 21.3 Å². The molecule has 0 aliphatic carbocycles. The quantitative estimate of drug-likeness (QED) is 0.863. The van der Waals surface area contributed by atoms with Crippen LogP contribution >= 0.6 is 11.6 Å². The first-order valence-electron chi connectivity index (χ1n) is 4.94. The molecule has 2 aromatic rings. The van der Waals surface area contributed by atoms with Gasteiger partial charge in [0.1, 0.15) is 5.15 Å². The smallest absolute Gasteiger partial charge is 0.306 e. The molecule has 2 N–H and O–H groups in total. The van der Waals surface area contributed by atoms with E-state index in [9.17, 15) is 4.79 Å². The van der Waals surface area contributed by atoms with E-state index in [-0.39, 0.29) is 0 Å². The van der Waals surface area contributed by atoms with E-state index in [4.69, 9.17) is 16.7 Å². The topological polar surface area (TPSA) is 66.0 Å². The SMILES string of the molecule is CC(Cc1cccc2n[nH]c(Cl)c12)C(=O)O. The van der Waals surface area contributed by atoms with Gasteiger partial charge >= 0.3 is 5.97 Å². The zero-order chi connectivity index (χ0) is 11.7. The highest BCUT2D eigenvalue weighted by atomic mass is 35.5. The molecule has 1 heterocycles. The molecule has 0 aliphatic heterocycles. The van der Waals surface area contributed by atoms with Crippen LogP contribution in [0.5, 0.6) is 0 Å². The lowest BCUT2D eigenvalue weighted by Crippen LogP contribution is -2.12. The van der Waals surface area contributed by atoms with Gasteiger partial charge in [-0.15, -0.1) is 0 Å².